The summed E-state index contributed by atoms with van der Waals surface area (Å²) in [5, 5.41) is 0.653. The first-order valence-corrected chi connectivity index (χ1v) is 7.98. The summed E-state index contributed by atoms with van der Waals surface area (Å²) in [6.45, 7) is 3.48. The van der Waals surface area contributed by atoms with Gasteiger partial charge in [-0.3, -0.25) is 9.69 Å². The van der Waals surface area contributed by atoms with Crippen molar-refractivity contribution in [3.05, 3.63) is 29.3 Å². The fourth-order valence-corrected chi connectivity index (χ4v) is 3.40. The number of anilines is 1. The molecule has 0 spiro atoms. The zero-order valence-corrected chi connectivity index (χ0v) is 13.5. The molecule has 1 amide bonds. The molecule has 2 atom stereocenters. The van der Waals surface area contributed by atoms with Crippen LogP contribution in [0.3, 0.4) is 0 Å². The summed E-state index contributed by atoms with van der Waals surface area (Å²) in [5.74, 6) is 0.153. The van der Waals surface area contributed by atoms with E-state index in [1.165, 1.54) is 0 Å². The van der Waals surface area contributed by atoms with Gasteiger partial charge in [0.05, 0.1) is 25.4 Å². The summed E-state index contributed by atoms with van der Waals surface area (Å²) in [5.41, 5.74) is 0.877. The first kappa shape index (κ1) is 15.7. The second kappa shape index (κ2) is 6.96. The number of carbonyl (C=O) groups is 1. The average molecular weight is 325 g/mol. The molecule has 6 heteroatoms. The maximum atomic E-state index is 12.8. The summed E-state index contributed by atoms with van der Waals surface area (Å²) < 4.78 is 10.8. The highest BCUT2D eigenvalue weighted by Crippen LogP contribution is 2.27. The van der Waals surface area contributed by atoms with E-state index in [0.29, 0.717) is 18.2 Å². The van der Waals surface area contributed by atoms with Crippen LogP contribution >= 0.6 is 11.6 Å². The summed E-state index contributed by atoms with van der Waals surface area (Å²) in [7, 11) is 1.67. The van der Waals surface area contributed by atoms with Gasteiger partial charge in [0, 0.05) is 37.5 Å². The number of hydrogen-bond acceptors (Lipinski definition) is 4. The van der Waals surface area contributed by atoms with Crippen LogP contribution in [0.25, 0.3) is 0 Å². The van der Waals surface area contributed by atoms with Gasteiger partial charge in [-0.25, -0.2) is 0 Å². The van der Waals surface area contributed by atoms with Crippen LogP contribution in [0.15, 0.2) is 24.3 Å². The molecule has 2 aliphatic heterocycles. The lowest BCUT2D eigenvalue weighted by molar-refractivity contribution is -0.126. The molecule has 2 unspecified atom stereocenters. The van der Waals surface area contributed by atoms with Gasteiger partial charge in [0.2, 0.25) is 5.91 Å². The Morgan fingerprint density at radius 2 is 2.27 bits per heavy atom. The molecule has 2 heterocycles. The van der Waals surface area contributed by atoms with Crippen molar-refractivity contribution in [3.63, 3.8) is 0 Å². The maximum Gasteiger partial charge on any atom is 0.244 e. The predicted molar refractivity (Wildman–Crippen MR) is 85.4 cm³/mol. The molecule has 2 fully saturated rings. The Labute approximate surface area is 135 Å². The molecule has 0 saturated carbocycles. The average Bonchev–Trinajstić information content (AvgIpc) is 2.90. The van der Waals surface area contributed by atoms with E-state index in [-0.39, 0.29) is 18.1 Å². The Hall–Kier alpha value is -1.14. The second-order valence-corrected chi connectivity index (χ2v) is 6.15. The quantitative estimate of drug-likeness (QED) is 0.847. The van der Waals surface area contributed by atoms with Crippen LogP contribution in [0, 0.1) is 0 Å². The number of benzene rings is 1. The monoisotopic (exact) mass is 324 g/mol. The molecule has 2 saturated heterocycles. The van der Waals surface area contributed by atoms with Gasteiger partial charge in [-0.05, 0) is 24.6 Å². The van der Waals surface area contributed by atoms with Crippen molar-refractivity contribution >= 4 is 23.2 Å². The normalized spacial score (nSPS) is 26.6. The van der Waals surface area contributed by atoms with Crippen LogP contribution < -0.4 is 4.90 Å². The van der Waals surface area contributed by atoms with Crippen LogP contribution in [0.1, 0.15) is 6.42 Å². The zero-order chi connectivity index (χ0) is 15.5. The Bertz CT molecular complexity index is 538. The van der Waals surface area contributed by atoms with E-state index >= 15 is 0 Å². The highest BCUT2D eigenvalue weighted by molar-refractivity contribution is 6.30. The first-order valence-electron chi connectivity index (χ1n) is 7.60. The molecule has 1 aromatic rings. The molecule has 2 aliphatic rings. The van der Waals surface area contributed by atoms with Crippen LogP contribution in [-0.4, -0.2) is 62.9 Å². The van der Waals surface area contributed by atoms with Crippen molar-refractivity contribution in [2.75, 3.05) is 44.9 Å². The summed E-state index contributed by atoms with van der Waals surface area (Å²) in [6.07, 6.45) is 0.886. The highest BCUT2D eigenvalue weighted by Gasteiger charge is 2.38. The number of rotatable bonds is 4. The Kier molecular flexibility index (Phi) is 4.98. The number of ether oxygens (including phenoxy) is 2. The molecule has 0 bridgehead atoms. The number of halogens is 1. The molecular weight excluding hydrogens is 304 g/mol. The highest BCUT2D eigenvalue weighted by atomic mass is 35.5. The van der Waals surface area contributed by atoms with Gasteiger partial charge in [0.15, 0.2) is 0 Å². The standard InChI is InChI=1S/C16H21ClN2O3/c1-21-11-14-10-18(7-8-22-14)15-5-6-19(16(15)20)13-4-2-3-12(17)9-13/h2-4,9,14-15H,5-8,10-11H2,1H3. The van der Waals surface area contributed by atoms with E-state index < -0.39 is 0 Å². The van der Waals surface area contributed by atoms with E-state index in [2.05, 4.69) is 4.90 Å². The smallest absolute Gasteiger partial charge is 0.244 e. The van der Waals surface area contributed by atoms with Crippen LogP contribution in [0.4, 0.5) is 5.69 Å². The third kappa shape index (κ3) is 3.27. The molecule has 5 nitrogen and oxygen atoms in total. The molecule has 22 heavy (non-hydrogen) atoms. The number of carbonyl (C=O) groups excluding carboxylic acids is 1. The molecule has 1 aromatic carbocycles. The second-order valence-electron chi connectivity index (χ2n) is 5.72. The number of amides is 1. The molecule has 3 rings (SSSR count). The zero-order valence-electron chi connectivity index (χ0n) is 12.7. The van der Waals surface area contributed by atoms with Crippen LogP contribution in [0.5, 0.6) is 0 Å². The topological polar surface area (TPSA) is 42.0 Å². The van der Waals surface area contributed by atoms with Crippen molar-refractivity contribution in [2.45, 2.75) is 18.6 Å². The number of morpholine rings is 1. The lowest BCUT2D eigenvalue weighted by Crippen LogP contribution is -2.51. The Morgan fingerprint density at radius 1 is 1.41 bits per heavy atom. The lowest BCUT2D eigenvalue weighted by atomic mass is 10.1. The van der Waals surface area contributed by atoms with Gasteiger partial charge in [0.25, 0.3) is 0 Å². The van der Waals surface area contributed by atoms with Gasteiger partial charge in [-0.2, -0.15) is 0 Å². The minimum absolute atomic E-state index is 0.0479. The minimum Gasteiger partial charge on any atom is -0.382 e. The van der Waals surface area contributed by atoms with Gasteiger partial charge in [-0.1, -0.05) is 17.7 Å². The molecule has 0 radical (unpaired) electrons. The van der Waals surface area contributed by atoms with E-state index in [9.17, 15) is 4.79 Å². The van der Waals surface area contributed by atoms with Crippen LogP contribution in [-0.2, 0) is 14.3 Å². The van der Waals surface area contributed by atoms with Crippen molar-refractivity contribution in [1.82, 2.24) is 4.90 Å². The van der Waals surface area contributed by atoms with Crippen molar-refractivity contribution in [3.8, 4) is 0 Å². The number of hydrogen-bond donors (Lipinski definition) is 0. The van der Waals surface area contributed by atoms with Gasteiger partial charge < -0.3 is 14.4 Å². The maximum absolute atomic E-state index is 12.8. The largest absolute Gasteiger partial charge is 0.382 e. The molecule has 120 valence electrons. The van der Waals surface area contributed by atoms with E-state index in [1.807, 2.05) is 29.2 Å². The van der Waals surface area contributed by atoms with Gasteiger partial charge in [-0.15, -0.1) is 0 Å². The third-order valence-corrected chi connectivity index (χ3v) is 4.50. The minimum atomic E-state index is -0.0674. The van der Waals surface area contributed by atoms with E-state index in [1.54, 1.807) is 7.11 Å². The summed E-state index contributed by atoms with van der Waals surface area (Å²) in [6, 6.07) is 7.40. The fraction of sp³-hybridized carbons (Fsp3) is 0.562. The molecular formula is C16H21ClN2O3. The van der Waals surface area contributed by atoms with Crippen molar-refractivity contribution in [1.29, 1.82) is 0 Å². The molecule has 0 N–H and O–H groups in total. The Balaban J connectivity index is 1.68. The van der Waals surface area contributed by atoms with E-state index in [4.69, 9.17) is 21.1 Å². The third-order valence-electron chi connectivity index (χ3n) is 4.26. The molecule has 0 aromatic heterocycles. The van der Waals surface area contributed by atoms with Gasteiger partial charge in [0.1, 0.15) is 0 Å². The van der Waals surface area contributed by atoms with Gasteiger partial charge >= 0.3 is 0 Å². The molecule has 0 aliphatic carbocycles. The number of methoxy groups -OCH3 is 1. The Morgan fingerprint density at radius 3 is 3.05 bits per heavy atom. The van der Waals surface area contributed by atoms with Crippen molar-refractivity contribution in [2.24, 2.45) is 0 Å². The lowest BCUT2D eigenvalue weighted by Gasteiger charge is -2.35. The predicted octanol–water partition coefficient (Wildman–Crippen LogP) is 1.79. The first-order chi connectivity index (χ1) is 10.7. The SMILES string of the molecule is COCC1CN(C2CCN(c3cccc(Cl)c3)C2=O)CCO1. The van der Waals surface area contributed by atoms with Crippen LogP contribution in [0.2, 0.25) is 5.02 Å². The summed E-state index contributed by atoms with van der Waals surface area (Å²) >= 11 is 6.03. The van der Waals surface area contributed by atoms with E-state index in [0.717, 1.165) is 31.7 Å². The summed E-state index contributed by atoms with van der Waals surface area (Å²) in [4.78, 5) is 16.8. The van der Waals surface area contributed by atoms with Crippen molar-refractivity contribution < 1.29 is 14.3 Å². The number of nitrogens with zero attached hydrogens (tertiary/aromatic N) is 2. The fourth-order valence-electron chi connectivity index (χ4n) is 3.22.